The van der Waals surface area contributed by atoms with Crippen LogP contribution < -0.4 is 10.2 Å². The number of carbonyl (C=O) groups is 1. The molecule has 0 saturated carbocycles. The molecule has 138 valence electrons. The molecule has 1 fully saturated rings. The SMILES string of the molecule is O=C1C[C@H](c2cccnc2N2CCOCC2)c2c(n[nH]c2-c2ccco2)N1. The number of H-pyrrole nitrogens is 1. The van der Waals surface area contributed by atoms with Crippen molar-refractivity contribution in [3.05, 3.63) is 47.9 Å². The van der Waals surface area contributed by atoms with Crippen LogP contribution in [0, 0.1) is 0 Å². The van der Waals surface area contributed by atoms with Crippen LogP contribution in [-0.2, 0) is 9.53 Å². The van der Waals surface area contributed by atoms with Crippen molar-refractivity contribution >= 4 is 17.5 Å². The van der Waals surface area contributed by atoms with E-state index in [-0.39, 0.29) is 11.8 Å². The molecule has 2 aliphatic rings. The second-order valence-corrected chi connectivity index (χ2v) is 6.66. The van der Waals surface area contributed by atoms with Gasteiger partial charge in [-0.05, 0) is 18.2 Å². The molecule has 0 spiro atoms. The van der Waals surface area contributed by atoms with Gasteiger partial charge in [-0.2, -0.15) is 5.10 Å². The first-order valence-corrected chi connectivity index (χ1v) is 9.01. The number of aromatic nitrogens is 3. The van der Waals surface area contributed by atoms with Crippen LogP contribution in [0.1, 0.15) is 23.5 Å². The lowest BCUT2D eigenvalue weighted by Crippen LogP contribution is -2.38. The summed E-state index contributed by atoms with van der Waals surface area (Å²) < 4.78 is 11.0. The van der Waals surface area contributed by atoms with E-state index in [1.165, 1.54) is 0 Å². The Kier molecular flexibility index (Phi) is 3.90. The Morgan fingerprint density at radius 2 is 2.07 bits per heavy atom. The lowest BCUT2D eigenvalue weighted by atomic mass is 9.85. The molecular formula is C19H19N5O3. The highest BCUT2D eigenvalue weighted by molar-refractivity contribution is 5.96. The van der Waals surface area contributed by atoms with Crippen molar-refractivity contribution in [3.8, 4) is 11.5 Å². The largest absolute Gasteiger partial charge is 0.463 e. The topological polar surface area (TPSA) is 96.3 Å². The number of carbonyl (C=O) groups excluding carboxylic acids is 1. The van der Waals surface area contributed by atoms with Crippen molar-refractivity contribution < 1.29 is 13.9 Å². The maximum absolute atomic E-state index is 12.4. The number of hydrogen-bond donors (Lipinski definition) is 2. The van der Waals surface area contributed by atoms with Gasteiger partial charge >= 0.3 is 0 Å². The number of hydrogen-bond acceptors (Lipinski definition) is 6. The van der Waals surface area contributed by atoms with Gasteiger partial charge < -0.3 is 19.4 Å². The van der Waals surface area contributed by atoms with Gasteiger partial charge in [0.15, 0.2) is 11.6 Å². The summed E-state index contributed by atoms with van der Waals surface area (Å²) in [6.45, 7) is 2.92. The van der Waals surface area contributed by atoms with Gasteiger partial charge in [0.1, 0.15) is 11.5 Å². The molecule has 1 atom stereocenters. The minimum Gasteiger partial charge on any atom is -0.463 e. The second kappa shape index (κ2) is 6.55. The summed E-state index contributed by atoms with van der Waals surface area (Å²) in [4.78, 5) is 19.2. The Labute approximate surface area is 155 Å². The van der Waals surface area contributed by atoms with E-state index in [0.29, 0.717) is 31.2 Å². The van der Waals surface area contributed by atoms with E-state index in [1.807, 2.05) is 24.3 Å². The summed E-state index contributed by atoms with van der Waals surface area (Å²) in [6, 6.07) is 7.68. The number of fused-ring (bicyclic) bond motifs is 1. The van der Waals surface area contributed by atoms with Gasteiger partial charge in [0.25, 0.3) is 0 Å². The zero-order chi connectivity index (χ0) is 18.2. The maximum Gasteiger partial charge on any atom is 0.226 e. The molecule has 5 heterocycles. The van der Waals surface area contributed by atoms with E-state index >= 15 is 0 Å². The normalized spacial score (nSPS) is 19.6. The summed E-state index contributed by atoms with van der Waals surface area (Å²) in [7, 11) is 0. The van der Waals surface area contributed by atoms with Crippen LogP contribution in [0.2, 0.25) is 0 Å². The van der Waals surface area contributed by atoms with Gasteiger partial charge in [-0.25, -0.2) is 4.98 Å². The fourth-order valence-electron chi connectivity index (χ4n) is 3.85. The van der Waals surface area contributed by atoms with Crippen LogP contribution >= 0.6 is 0 Å². The van der Waals surface area contributed by atoms with Crippen molar-refractivity contribution in [1.82, 2.24) is 15.2 Å². The fraction of sp³-hybridized carbons (Fsp3) is 0.316. The number of rotatable bonds is 3. The number of nitrogens with one attached hydrogen (secondary N) is 2. The summed E-state index contributed by atoms with van der Waals surface area (Å²) in [5, 5.41) is 10.2. The Balaban J connectivity index is 1.63. The van der Waals surface area contributed by atoms with Crippen LogP contribution in [0.15, 0.2) is 41.1 Å². The Morgan fingerprint density at radius 1 is 1.19 bits per heavy atom. The molecule has 5 rings (SSSR count). The number of pyridine rings is 1. The van der Waals surface area contributed by atoms with Crippen molar-refractivity contribution in [1.29, 1.82) is 0 Å². The van der Waals surface area contributed by atoms with Gasteiger partial charge in [0.2, 0.25) is 5.91 Å². The average molecular weight is 365 g/mol. The lowest BCUT2D eigenvalue weighted by Gasteiger charge is -2.32. The summed E-state index contributed by atoms with van der Waals surface area (Å²) in [6.07, 6.45) is 3.76. The van der Waals surface area contributed by atoms with Gasteiger partial charge in [0, 0.05) is 42.8 Å². The monoisotopic (exact) mass is 365 g/mol. The summed E-state index contributed by atoms with van der Waals surface area (Å²) >= 11 is 0. The van der Waals surface area contributed by atoms with Crippen LogP contribution in [0.3, 0.4) is 0 Å². The number of amides is 1. The number of anilines is 2. The first kappa shape index (κ1) is 16.1. The van der Waals surface area contributed by atoms with Crippen LogP contribution in [0.4, 0.5) is 11.6 Å². The van der Waals surface area contributed by atoms with Crippen LogP contribution in [0.5, 0.6) is 0 Å². The molecule has 3 aromatic rings. The Hall–Kier alpha value is -3.13. The maximum atomic E-state index is 12.4. The lowest BCUT2D eigenvalue weighted by molar-refractivity contribution is -0.116. The highest BCUT2D eigenvalue weighted by atomic mass is 16.5. The van der Waals surface area contributed by atoms with E-state index in [1.54, 1.807) is 12.5 Å². The van der Waals surface area contributed by atoms with E-state index in [2.05, 4.69) is 25.4 Å². The minimum atomic E-state index is -0.154. The molecule has 8 heteroatoms. The molecule has 8 nitrogen and oxygen atoms in total. The molecule has 0 bridgehead atoms. The molecule has 1 amide bonds. The number of nitrogens with zero attached hydrogens (tertiary/aromatic N) is 3. The molecule has 0 unspecified atom stereocenters. The molecule has 0 radical (unpaired) electrons. The molecule has 0 aliphatic carbocycles. The quantitative estimate of drug-likeness (QED) is 0.740. The number of morpholine rings is 1. The van der Waals surface area contributed by atoms with Gasteiger partial charge in [0.05, 0.1) is 19.5 Å². The molecule has 2 aliphatic heterocycles. The standard InChI is InChI=1S/C19H19N5O3/c25-15-11-13(12-3-1-5-20-19(12)24-6-9-26-10-7-24)16-17(14-4-2-8-27-14)22-23-18(16)21-15/h1-5,8,13H,6-7,9-11H2,(H2,21,22,23,25)/t13-/m1/s1. The molecular weight excluding hydrogens is 346 g/mol. The van der Waals surface area contributed by atoms with Crippen molar-refractivity contribution in [2.24, 2.45) is 0 Å². The fourth-order valence-corrected chi connectivity index (χ4v) is 3.85. The van der Waals surface area contributed by atoms with E-state index in [9.17, 15) is 4.79 Å². The number of aromatic amines is 1. The Bertz CT molecular complexity index is 960. The molecule has 2 N–H and O–H groups in total. The first-order valence-electron chi connectivity index (χ1n) is 9.01. The molecule has 0 aromatic carbocycles. The number of ether oxygens (including phenoxy) is 1. The zero-order valence-corrected chi connectivity index (χ0v) is 14.6. The van der Waals surface area contributed by atoms with Crippen molar-refractivity contribution in [3.63, 3.8) is 0 Å². The van der Waals surface area contributed by atoms with Gasteiger partial charge in [-0.3, -0.25) is 9.89 Å². The van der Waals surface area contributed by atoms with Crippen LogP contribution in [-0.4, -0.2) is 47.4 Å². The zero-order valence-electron chi connectivity index (χ0n) is 14.6. The molecule has 1 saturated heterocycles. The third-order valence-electron chi connectivity index (χ3n) is 5.07. The third-order valence-corrected chi connectivity index (χ3v) is 5.07. The smallest absolute Gasteiger partial charge is 0.226 e. The molecule has 27 heavy (non-hydrogen) atoms. The first-order chi connectivity index (χ1) is 13.3. The van der Waals surface area contributed by atoms with E-state index in [4.69, 9.17) is 9.15 Å². The predicted octanol–water partition coefficient (Wildman–Crippen LogP) is 2.38. The average Bonchev–Trinajstić information content (AvgIpc) is 3.37. The predicted molar refractivity (Wildman–Crippen MR) is 98.6 cm³/mol. The van der Waals surface area contributed by atoms with Crippen molar-refractivity contribution in [2.75, 3.05) is 36.5 Å². The second-order valence-electron chi connectivity index (χ2n) is 6.66. The minimum absolute atomic E-state index is 0.0539. The third kappa shape index (κ3) is 2.78. The highest BCUT2D eigenvalue weighted by Gasteiger charge is 2.35. The summed E-state index contributed by atoms with van der Waals surface area (Å²) in [5.41, 5.74) is 2.74. The Morgan fingerprint density at radius 3 is 2.89 bits per heavy atom. The van der Waals surface area contributed by atoms with Gasteiger partial charge in [-0.1, -0.05) is 6.07 Å². The van der Waals surface area contributed by atoms with E-state index in [0.717, 1.165) is 35.7 Å². The van der Waals surface area contributed by atoms with Gasteiger partial charge in [-0.15, -0.1) is 0 Å². The number of furan rings is 1. The van der Waals surface area contributed by atoms with Crippen LogP contribution in [0.25, 0.3) is 11.5 Å². The summed E-state index contributed by atoms with van der Waals surface area (Å²) in [5.74, 6) is 1.94. The van der Waals surface area contributed by atoms with Crippen molar-refractivity contribution in [2.45, 2.75) is 12.3 Å². The molecule has 3 aromatic heterocycles. The van der Waals surface area contributed by atoms with E-state index < -0.39 is 0 Å². The highest BCUT2D eigenvalue weighted by Crippen LogP contribution is 2.44.